The molecule has 0 radical (unpaired) electrons. The van der Waals surface area contributed by atoms with Crippen LogP contribution in [0.3, 0.4) is 0 Å². The Hall–Kier alpha value is -1.35. The van der Waals surface area contributed by atoms with Crippen LogP contribution >= 0.6 is 0 Å². The smallest absolute Gasteiger partial charge is 0.241 e. The summed E-state index contributed by atoms with van der Waals surface area (Å²) in [6.07, 6.45) is 5.51. The summed E-state index contributed by atoms with van der Waals surface area (Å²) in [6.45, 7) is 3.12. The topological polar surface area (TPSA) is 41.1 Å². The zero-order valence-electron chi connectivity index (χ0n) is 11.0. The summed E-state index contributed by atoms with van der Waals surface area (Å²) in [5, 5.41) is 6.24. The third-order valence-electron chi connectivity index (χ3n) is 3.39. The zero-order chi connectivity index (χ0) is 12.8. The number of piperidine rings is 1. The molecule has 0 unspecified atom stereocenters. The average molecular weight is 246 g/mol. The van der Waals surface area contributed by atoms with Gasteiger partial charge in [-0.05, 0) is 43.5 Å². The highest BCUT2D eigenvalue weighted by atomic mass is 16.2. The molecule has 1 aliphatic heterocycles. The number of carbonyl (C=O) groups excluding carboxylic acids is 1. The van der Waals surface area contributed by atoms with E-state index in [1.807, 2.05) is 12.1 Å². The molecule has 3 nitrogen and oxygen atoms in total. The molecule has 0 aliphatic carbocycles. The van der Waals surface area contributed by atoms with E-state index in [0.717, 1.165) is 37.9 Å². The van der Waals surface area contributed by atoms with Gasteiger partial charge in [-0.15, -0.1) is 0 Å². The van der Waals surface area contributed by atoms with Gasteiger partial charge < -0.3 is 10.6 Å². The molecule has 18 heavy (non-hydrogen) atoms. The van der Waals surface area contributed by atoms with Gasteiger partial charge in [-0.2, -0.15) is 0 Å². The van der Waals surface area contributed by atoms with Crippen molar-refractivity contribution in [1.29, 1.82) is 0 Å². The molecule has 0 bridgehead atoms. The summed E-state index contributed by atoms with van der Waals surface area (Å²) >= 11 is 0. The Bertz CT molecular complexity index is 380. The molecule has 1 saturated heterocycles. The third-order valence-corrected chi connectivity index (χ3v) is 3.39. The van der Waals surface area contributed by atoms with Gasteiger partial charge in [0.1, 0.15) is 0 Å². The van der Waals surface area contributed by atoms with Crippen molar-refractivity contribution in [2.24, 2.45) is 0 Å². The summed E-state index contributed by atoms with van der Waals surface area (Å²) in [7, 11) is 0. The molecule has 2 rings (SSSR count). The number of anilines is 1. The number of nitrogens with one attached hydrogen (secondary N) is 2. The summed E-state index contributed by atoms with van der Waals surface area (Å²) < 4.78 is 0. The van der Waals surface area contributed by atoms with Crippen molar-refractivity contribution >= 4 is 11.6 Å². The monoisotopic (exact) mass is 246 g/mol. The number of hydrogen-bond donors (Lipinski definition) is 2. The van der Waals surface area contributed by atoms with Crippen molar-refractivity contribution in [3.8, 4) is 0 Å². The van der Waals surface area contributed by atoms with Gasteiger partial charge in [0, 0.05) is 5.69 Å². The molecular weight excluding hydrogens is 224 g/mol. The molecule has 1 aromatic carbocycles. The van der Waals surface area contributed by atoms with Crippen LogP contribution in [0.5, 0.6) is 0 Å². The maximum absolute atomic E-state index is 12.0. The summed E-state index contributed by atoms with van der Waals surface area (Å²) in [6, 6.07) is 8.15. The first-order valence-corrected chi connectivity index (χ1v) is 6.93. The van der Waals surface area contributed by atoms with Gasteiger partial charge >= 0.3 is 0 Å². The Balaban J connectivity index is 1.89. The van der Waals surface area contributed by atoms with E-state index in [1.54, 1.807) is 0 Å². The zero-order valence-corrected chi connectivity index (χ0v) is 11.0. The number of aryl methyl sites for hydroxylation is 1. The van der Waals surface area contributed by atoms with Crippen LogP contribution in [0.1, 0.15) is 38.2 Å². The van der Waals surface area contributed by atoms with Gasteiger partial charge in [0.25, 0.3) is 0 Å². The fourth-order valence-corrected chi connectivity index (χ4v) is 2.35. The summed E-state index contributed by atoms with van der Waals surface area (Å²) in [5.74, 6) is 0.0953. The second-order valence-electron chi connectivity index (χ2n) is 4.94. The van der Waals surface area contributed by atoms with Crippen LogP contribution in [0.4, 0.5) is 5.69 Å². The first kappa shape index (κ1) is 13.1. The maximum atomic E-state index is 12.0. The van der Waals surface area contributed by atoms with Gasteiger partial charge in [0.15, 0.2) is 0 Å². The average Bonchev–Trinajstić information content (AvgIpc) is 2.42. The SMILES string of the molecule is CCCc1ccc(NC(=O)[C@@H]2CCCCN2)cc1. The third kappa shape index (κ3) is 3.57. The van der Waals surface area contributed by atoms with Crippen LogP contribution in [-0.2, 0) is 11.2 Å². The van der Waals surface area contributed by atoms with Crippen LogP contribution in [-0.4, -0.2) is 18.5 Å². The summed E-state index contributed by atoms with van der Waals surface area (Å²) in [4.78, 5) is 12.0. The molecule has 3 heteroatoms. The van der Waals surface area contributed by atoms with E-state index in [4.69, 9.17) is 0 Å². The highest BCUT2D eigenvalue weighted by molar-refractivity contribution is 5.94. The van der Waals surface area contributed by atoms with E-state index in [1.165, 1.54) is 12.0 Å². The number of carbonyl (C=O) groups is 1. The molecule has 1 atom stereocenters. The second kappa shape index (κ2) is 6.55. The second-order valence-corrected chi connectivity index (χ2v) is 4.94. The number of amides is 1. The molecular formula is C15H22N2O. The number of rotatable bonds is 4. The van der Waals surface area contributed by atoms with E-state index >= 15 is 0 Å². The quantitative estimate of drug-likeness (QED) is 0.857. The fraction of sp³-hybridized carbons (Fsp3) is 0.533. The van der Waals surface area contributed by atoms with Gasteiger partial charge in [-0.1, -0.05) is 31.9 Å². The Morgan fingerprint density at radius 3 is 2.72 bits per heavy atom. The van der Waals surface area contributed by atoms with E-state index in [-0.39, 0.29) is 11.9 Å². The van der Waals surface area contributed by atoms with Crippen molar-refractivity contribution in [3.05, 3.63) is 29.8 Å². The normalized spacial score (nSPS) is 19.5. The van der Waals surface area contributed by atoms with E-state index in [0.29, 0.717) is 0 Å². The van der Waals surface area contributed by atoms with Crippen molar-refractivity contribution in [2.75, 3.05) is 11.9 Å². The Morgan fingerprint density at radius 2 is 2.11 bits per heavy atom. The number of benzene rings is 1. The first-order valence-electron chi connectivity index (χ1n) is 6.93. The predicted octanol–water partition coefficient (Wildman–Crippen LogP) is 2.72. The van der Waals surface area contributed by atoms with Crippen LogP contribution in [0.25, 0.3) is 0 Å². The Kier molecular flexibility index (Phi) is 4.76. The highest BCUT2D eigenvalue weighted by Gasteiger charge is 2.20. The van der Waals surface area contributed by atoms with Crippen LogP contribution in [0.2, 0.25) is 0 Å². The first-order chi connectivity index (χ1) is 8.79. The Labute approximate surface area is 109 Å². The minimum Gasteiger partial charge on any atom is -0.325 e. The van der Waals surface area contributed by atoms with E-state index in [2.05, 4.69) is 29.7 Å². The van der Waals surface area contributed by atoms with Crippen LogP contribution in [0, 0.1) is 0 Å². The van der Waals surface area contributed by atoms with Gasteiger partial charge in [0.05, 0.1) is 6.04 Å². The summed E-state index contributed by atoms with van der Waals surface area (Å²) in [5.41, 5.74) is 2.22. The standard InChI is InChI=1S/C15H22N2O/c1-2-5-12-7-9-13(10-8-12)17-15(18)14-6-3-4-11-16-14/h7-10,14,16H,2-6,11H2,1H3,(H,17,18)/t14-/m0/s1. The van der Waals surface area contributed by atoms with E-state index < -0.39 is 0 Å². The largest absolute Gasteiger partial charge is 0.325 e. The van der Waals surface area contributed by atoms with Crippen LogP contribution < -0.4 is 10.6 Å². The predicted molar refractivity (Wildman–Crippen MR) is 74.7 cm³/mol. The maximum Gasteiger partial charge on any atom is 0.241 e. The van der Waals surface area contributed by atoms with Gasteiger partial charge in [-0.3, -0.25) is 4.79 Å². The van der Waals surface area contributed by atoms with Gasteiger partial charge in [-0.25, -0.2) is 0 Å². The lowest BCUT2D eigenvalue weighted by atomic mass is 10.0. The van der Waals surface area contributed by atoms with Crippen molar-refractivity contribution in [2.45, 2.75) is 45.1 Å². The molecule has 0 aromatic heterocycles. The highest BCUT2D eigenvalue weighted by Crippen LogP contribution is 2.13. The van der Waals surface area contributed by atoms with Crippen molar-refractivity contribution in [1.82, 2.24) is 5.32 Å². The number of hydrogen-bond acceptors (Lipinski definition) is 2. The molecule has 98 valence electrons. The molecule has 0 saturated carbocycles. The molecule has 0 spiro atoms. The molecule has 1 aliphatic rings. The minimum absolute atomic E-state index is 0.0194. The molecule has 1 heterocycles. The molecule has 1 amide bonds. The van der Waals surface area contributed by atoms with E-state index in [9.17, 15) is 4.79 Å². The Morgan fingerprint density at radius 1 is 1.33 bits per heavy atom. The van der Waals surface area contributed by atoms with Crippen molar-refractivity contribution in [3.63, 3.8) is 0 Å². The molecule has 1 fully saturated rings. The van der Waals surface area contributed by atoms with Gasteiger partial charge in [0.2, 0.25) is 5.91 Å². The minimum atomic E-state index is -0.0194. The molecule has 1 aromatic rings. The van der Waals surface area contributed by atoms with Crippen LogP contribution in [0.15, 0.2) is 24.3 Å². The molecule has 2 N–H and O–H groups in total. The lowest BCUT2D eigenvalue weighted by Gasteiger charge is -2.22. The fourth-order valence-electron chi connectivity index (χ4n) is 2.35. The lowest BCUT2D eigenvalue weighted by molar-refractivity contribution is -0.118. The lowest BCUT2D eigenvalue weighted by Crippen LogP contribution is -2.43. The van der Waals surface area contributed by atoms with Crippen molar-refractivity contribution < 1.29 is 4.79 Å².